The fraction of sp³-hybridized carbons (Fsp3) is 0.450. The highest BCUT2D eigenvalue weighted by molar-refractivity contribution is 6.06. The zero-order valence-electron chi connectivity index (χ0n) is 14.7. The molecule has 27 heavy (non-hydrogen) atoms. The summed E-state index contributed by atoms with van der Waals surface area (Å²) in [6, 6.07) is 5.17. The predicted molar refractivity (Wildman–Crippen MR) is 94.9 cm³/mol. The van der Waals surface area contributed by atoms with Crippen molar-refractivity contribution in [3.8, 4) is 11.5 Å². The first-order valence-electron chi connectivity index (χ1n) is 9.35. The van der Waals surface area contributed by atoms with E-state index in [4.69, 9.17) is 9.47 Å². The Balaban J connectivity index is 1.22. The summed E-state index contributed by atoms with van der Waals surface area (Å²) in [6.45, 7) is 0.297. The van der Waals surface area contributed by atoms with Crippen LogP contribution in [0.15, 0.2) is 30.4 Å². The van der Waals surface area contributed by atoms with Gasteiger partial charge in [0, 0.05) is 24.7 Å². The lowest BCUT2D eigenvalue weighted by molar-refractivity contribution is -0.140. The summed E-state index contributed by atoms with van der Waals surface area (Å²) >= 11 is 0. The number of hydrogen-bond donors (Lipinski definition) is 1. The Hall–Kier alpha value is -2.83. The Morgan fingerprint density at radius 3 is 2.37 bits per heavy atom. The van der Waals surface area contributed by atoms with Gasteiger partial charge in [0.05, 0.1) is 11.8 Å². The number of imide groups is 1. The van der Waals surface area contributed by atoms with Crippen LogP contribution in [0.25, 0.3) is 0 Å². The normalized spacial score (nSPS) is 30.0. The lowest BCUT2D eigenvalue weighted by atomic mass is 9.63. The van der Waals surface area contributed by atoms with Crippen LogP contribution in [0.1, 0.15) is 19.3 Å². The molecule has 4 unspecified atom stereocenters. The summed E-state index contributed by atoms with van der Waals surface area (Å²) in [5, 5.41) is 2.78. The van der Waals surface area contributed by atoms with Crippen LogP contribution in [0.5, 0.6) is 11.5 Å². The van der Waals surface area contributed by atoms with E-state index in [1.165, 1.54) is 4.90 Å². The first-order valence-corrected chi connectivity index (χ1v) is 9.35. The Labute approximate surface area is 156 Å². The van der Waals surface area contributed by atoms with E-state index in [1.807, 2.05) is 0 Å². The molecule has 7 nitrogen and oxygen atoms in total. The smallest absolute Gasteiger partial charge is 0.233 e. The van der Waals surface area contributed by atoms with Gasteiger partial charge < -0.3 is 14.8 Å². The predicted octanol–water partition coefficient (Wildman–Crippen LogP) is 1.94. The second-order valence-corrected chi connectivity index (χ2v) is 7.54. The lowest BCUT2D eigenvalue weighted by Gasteiger charge is -2.38. The molecule has 1 N–H and O–H groups in total. The minimum absolute atomic E-state index is 0.0775. The lowest BCUT2D eigenvalue weighted by Crippen LogP contribution is -2.38. The third-order valence-corrected chi connectivity index (χ3v) is 6.07. The largest absolute Gasteiger partial charge is 0.454 e. The van der Waals surface area contributed by atoms with E-state index in [0.29, 0.717) is 17.2 Å². The van der Waals surface area contributed by atoms with Crippen LogP contribution in [0.4, 0.5) is 5.69 Å². The van der Waals surface area contributed by atoms with Gasteiger partial charge in [-0.25, -0.2) is 0 Å². The van der Waals surface area contributed by atoms with Crippen LogP contribution >= 0.6 is 0 Å². The number of anilines is 1. The number of benzene rings is 1. The third kappa shape index (κ3) is 2.60. The molecule has 2 fully saturated rings. The quantitative estimate of drug-likeness (QED) is 0.649. The van der Waals surface area contributed by atoms with E-state index in [0.717, 1.165) is 12.8 Å². The molecule has 4 atom stereocenters. The molecule has 2 bridgehead atoms. The highest BCUT2D eigenvalue weighted by Gasteiger charge is 2.56. The van der Waals surface area contributed by atoms with Crippen molar-refractivity contribution in [2.45, 2.75) is 19.3 Å². The Morgan fingerprint density at radius 2 is 1.70 bits per heavy atom. The number of nitrogens with one attached hydrogen (secondary N) is 1. The van der Waals surface area contributed by atoms with Gasteiger partial charge in [0.1, 0.15) is 0 Å². The van der Waals surface area contributed by atoms with Crippen molar-refractivity contribution in [3.63, 3.8) is 0 Å². The van der Waals surface area contributed by atoms with Gasteiger partial charge in [0.2, 0.25) is 24.5 Å². The fourth-order valence-electron chi connectivity index (χ4n) is 4.77. The van der Waals surface area contributed by atoms with Gasteiger partial charge in [-0.2, -0.15) is 0 Å². The maximum absolute atomic E-state index is 12.7. The maximum Gasteiger partial charge on any atom is 0.233 e. The topological polar surface area (TPSA) is 84.9 Å². The second-order valence-electron chi connectivity index (χ2n) is 7.54. The molecule has 7 heteroatoms. The summed E-state index contributed by atoms with van der Waals surface area (Å²) in [5.74, 6) is 0.659. The summed E-state index contributed by atoms with van der Waals surface area (Å²) < 4.78 is 10.5. The Bertz CT molecular complexity index is 832. The number of hydrogen-bond acceptors (Lipinski definition) is 5. The Morgan fingerprint density at radius 1 is 1.04 bits per heavy atom. The van der Waals surface area contributed by atoms with Crippen LogP contribution < -0.4 is 14.8 Å². The standard InChI is InChI=1S/C20H20N2O5/c23-16(21-13-5-6-14-15(9-13)27-10-26-14)7-8-22-19(24)17-11-1-2-12(4-3-11)18(17)20(22)25/h1-2,5-6,9,11-12,17-18H,3-4,7-8,10H2,(H,21,23). The molecular formula is C20H20N2O5. The molecule has 0 spiro atoms. The molecule has 0 radical (unpaired) electrons. The molecule has 2 heterocycles. The first kappa shape index (κ1) is 16.4. The van der Waals surface area contributed by atoms with Crippen LogP contribution in [0.2, 0.25) is 0 Å². The number of nitrogens with zero attached hydrogens (tertiary/aromatic N) is 1. The molecule has 1 aromatic rings. The number of carbonyl (C=O) groups is 3. The zero-order valence-corrected chi connectivity index (χ0v) is 14.7. The molecule has 1 aromatic carbocycles. The number of rotatable bonds is 4. The number of carbonyl (C=O) groups excluding carboxylic acids is 3. The van der Waals surface area contributed by atoms with Gasteiger partial charge in [0.15, 0.2) is 11.5 Å². The fourth-order valence-corrected chi connectivity index (χ4v) is 4.77. The molecule has 6 rings (SSSR count). The van der Waals surface area contributed by atoms with Gasteiger partial charge >= 0.3 is 0 Å². The molecule has 140 valence electrons. The summed E-state index contributed by atoms with van der Waals surface area (Å²) in [7, 11) is 0. The number of amides is 3. The van der Waals surface area contributed by atoms with Crippen molar-refractivity contribution in [1.29, 1.82) is 0 Å². The number of fused-ring (bicyclic) bond motifs is 2. The Kier molecular flexibility index (Phi) is 3.70. The van der Waals surface area contributed by atoms with E-state index in [-0.39, 0.29) is 61.2 Å². The average molecular weight is 368 g/mol. The van der Waals surface area contributed by atoms with Crippen LogP contribution in [-0.4, -0.2) is 36.0 Å². The minimum Gasteiger partial charge on any atom is -0.454 e. The monoisotopic (exact) mass is 368 g/mol. The second kappa shape index (κ2) is 6.11. The average Bonchev–Trinajstić information content (AvgIpc) is 3.25. The first-order chi connectivity index (χ1) is 13.1. The van der Waals surface area contributed by atoms with Crippen LogP contribution in [0, 0.1) is 23.7 Å². The van der Waals surface area contributed by atoms with Gasteiger partial charge in [-0.3, -0.25) is 19.3 Å². The summed E-state index contributed by atoms with van der Waals surface area (Å²) in [6.07, 6.45) is 6.21. The highest BCUT2D eigenvalue weighted by Crippen LogP contribution is 2.49. The van der Waals surface area contributed by atoms with Crippen molar-refractivity contribution in [2.24, 2.45) is 23.7 Å². The highest BCUT2D eigenvalue weighted by atomic mass is 16.7. The van der Waals surface area contributed by atoms with Gasteiger partial charge in [0.25, 0.3) is 0 Å². The molecule has 3 amide bonds. The molecule has 1 saturated heterocycles. The van der Waals surface area contributed by atoms with E-state index in [9.17, 15) is 14.4 Å². The van der Waals surface area contributed by atoms with Gasteiger partial charge in [-0.1, -0.05) is 12.2 Å². The molecule has 0 aromatic heterocycles. The number of allylic oxidation sites excluding steroid dienone is 2. The van der Waals surface area contributed by atoms with Crippen molar-refractivity contribution in [2.75, 3.05) is 18.7 Å². The molecule has 3 aliphatic carbocycles. The molecular weight excluding hydrogens is 348 g/mol. The van der Waals surface area contributed by atoms with Gasteiger partial charge in [-0.15, -0.1) is 0 Å². The van der Waals surface area contributed by atoms with Crippen LogP contribution in [0.3, 0.4) is 0 Å². The van der Waals surface area contributed by atoms with Crippen LogP contribution in [-0.2, 0) is 14.4 Å². The number of ether oxygens (including phenoxy) is 2. The summed E-state index contributed by atoms with van der Waals surface area (Å²) in [4.78, 5) is 39.1. The molecule has 5 aliphatic rings. The van der Waals surface area contributed by atoms with E-state index in [2.05, 4.69) is 17.5 Å². The van der Waals surface area contributed by atoms with E-state index >= 15 is 0 Å². The maximum atomic E-state index is 12.7. The van der Waals surface area contributed by atoms with E-state index < -0.39 is 0 Å². The van der Waals surface area contributed by atoms with Crippen molar-refractivity contribution < 1.29 is 23.9 Å². The number of likely N-dealkylation sites (tertiary alicyclic amines) is 1. The van der Waals surface area contributed by atoms with Crippen molar-refractivity contribution >= 4 is 23.4 Å². The third-order valence-electron chi connectivity index (χ3n) is 6.07. The SMILES string of the molecule is O=C(CCN1C(=O)C2C3C=CC(CC3)C2C1=O)Nc1ccc2c(c1)OCO2. The van der Waals surface area contributed by atoms with Gasteiger partial charge in [-0.05, 0) is 36.8 Å². The zero-order chi connectivity index (χ0) is 18.5. The molecule has 2 aliphatic heterocycles. The molecule has 1 saturated carbocycles. The minimum atomic E-state index is -0.245. The van der Waals surface area contributed by atoms with Crippen molar-refractivity contribution in [3.05, 3.63) is 30.4 Å². The van der Waals surface area contributed by atoms with Crippen molar-refractivity contribution in [1.82, 2.24) is 4.90 Å². The van der Waals surface area contributed by atoms with E-state index in [1.54, 1.807) is 18.2 Å². The summed E-state index contributed by atoms with van der Waals surface area (Å²) in [5.41, 5.74) is 0.597.